The average Bonchev–Trinajstić information content (AvgIpc) is 3.01. The second kappa shape index (κ2) is 6.28. The fourth-order valence-corrected chi connectivity index (χ4v) is 4.05. The first kappa shape index (κ1) is 15.2. The van der Waals surface area contributed by atoms with Crippen molar-refractivity contribution in [3.8, 4) is 5.75 Å². The van der Waals surface area contributed by atoms with Crippen molar-refractivity contribution in [3.05, 3.63) is 40.6 Å². The summed E-state index contributed by atoms with van der Waals surface area (Å²) < 4.78 is 0. The lowest BCUT2D eigenvalue weighted by Gasteiger charge is -2.37. The number of fused-ring (bicyclic) bond motifs is 1. The highest BCUT2D eigenvalue weighted by Crippen LogP contribution is 2.31. The molecule has 1 saturated heterocycles. The van der Waals surface area contributed by atoms with E-state index in [2.05, 4.69) is 9.80 Å². The molecule has 0 amide bonds. The van der Waals surface area contributed by atoms with Crippen LogP contribution in [0.5, 0.6) is 5.75 Å². The number of aromatic hydroxyl groups is 1. The van der Waals surface area contributed by atoms with E-state index >= 15 is 0 Å². The number of rotatable bonds is 1. The number of nitrogens with zero attached hydrogens (tertiary/aromatic N) is 3. The molecule has 1 N–H and O–H groups in total. The van der Waals surface area contributed by atoms with Crippen LogP contribution >= 0.6 is 11.3 Å². The first-order chi connectivity index (χ1) is 11.7. The van der Waals surface area contributed by atoms with Crippen LogP contribution in [0.15, 0.2) is 40.7 Å². The first-order valence-corrected chi connectivity index (χ1v) is 9.06. The number of piperazine rings is 1. The van der Waals surface area contributed by atoms with Gasteiger partial charge in [-0.2, -0.15) is 0 Å². The summed E-state index contributed by atoms with van der Waals surface area (Å²) in [6.07, 6.45) is 1.27. The summed E-state index contributed by atoms with van der Waals surface area (Å²) in [5, 5.41) is 11.4. The number of thiophene rings is 1. The molecule has 24 heavy (non-hydrogen) atoms. The van der Waals surface area contributed by atoms with Crippen LogP contribution in [0, 0.1) is 0 Å². The minimum atomic E-state index is 0.210. The van der Waals surface area contributed by atoms with Gasteiger partial charge in [-0.1, -0.05) is 0 Å². The van der Waals surface area contributed by atoms with E-state index in [1.54, 1.807) is 12.1 Å². The van der Waals surface area contributed by atoms with E-state index in [9.17, 15) is 9.90 Å². The Balaban J connectivity index is 1.46. The molecule has 1 aromatic carbocycles. The predicted molar refractivity (Wildman–Crippen MR) is 96.9 cm³/mol. The minimum absolute atomic E-state index is 0.210. The van der Waals surface area contributed by atoms with Crippen molar-refractivity contribution in [2.75, 3.05) is 31.1 Å². The third kappa shape index (κ3) is 2.89. The highest BCUT2D eigenvalue weighted by molar-refractivity contribution is 7.12. The first-order valence-electron chi connectivity index (χ1n) is 8.18. The third-order valence-corrected chi connectivity index (χ3v) is 5.53. The number of hydrogen-bond donors (Lipinski definition) is 1. The molecule has 0 bridgehead atoms. The van der Waals surface area contributed by atoms with Gasteiger partial charge in [0.25, 0.3) is 0 Å². The highest BCUT2D eigenvalue weighted by atomic mass is 32.1. The molecule has 3 heterocycles. The summed E-state index contributed by atoms with van der Waals surface area (Å²) in [6, 6.07) is 9.28. The summed E-state index contributed by atoms with van der Waals surface area (Å²) >= 11 is 1.49. The third-order valence-electron chi connectivity index (χ3n) is 4.58. The number of aliphatic imine (C=N–C) groups is 1. The summed E-state index contributed by atoms with van der Waals surface area (Å²) in [7, 11) is 0. The Labute approximate surface area is 144 Å². The monoisotopic (exact) mass is 341 g/mol. The fraction of sp³-hybridized carbons (Fsp3) is 0.333. The molecule has 1 aromatic heterocycles. The second-order valence-corrected chi connectivity index (χ2v) is 6.99. The van der Waals surface area contributed by atoms with Crippen molar-refractivity contribution < 1.29 is 9.90 Å². The van der Waals surface area contributed by atoms with Crippen molar-refractivity contribution in [3.63, 3.8) is 0 Å². The molecule has 0 radical (unpaired) electrons. The second-order valence-electron chi connectivity index (χ2n) is 6.08. The number of hydrogen-bond acceptors (Lipinski definition) is 6. The van der Waals surface area contributed by atoms with Crippen molar-refractivity contribution in [2.24, 2.45) is 4.99 Å². The molecular formula is C18H19N3O2S. The summed E-state index contributed by atoms with van der Waals surface area (Å²) in [5.41, 5.74) is 1.96. The lowest BCUT2D eigenvalue weighted by Crippen LogP contribution is -2.48. The Morgan fingerprint density at radius 1 is 0.958 bits per heavy atom. The Morgan fingerprint density at radius 3 is 2.42 bits per heavy atom. The molecule has 0 aliphatic carbocycles. The van der Waals surface area contributed by atoms with Crippen LogP contribution in [-0.2, 0) is 0 Å². The van der Waals surface area contributed by atoms with Crippen LogP contribution < -0.4 is 4.90 Å². The number of benzene rings is 1. The van der Waals surface area contributed by atoms with Crippen molar-refractivity contribution in [2.45, 2.75) is 12.8 Å². The van der Waals surface area contributed by atoms with Crippen molar-refractivity contribution in [1.82, 2.24) is 4.90 Å². The zero-order valence-corrected chi connectivity index (χ0v) is 14.1. The number of carbonyl (C=O) groups excluding carboxylic acids is 1. The summed E-state index contributed by atoms with van der Waals surface area (Å²) in [5.74, 6) is 1.54. The standard InChI is InChI=1S/C18H19N3O2S/c22-14-3-1-13(2-4-14)20-8-10-21(11-9-20)17-6-5-16(23)18-15(19-17)7-12-24-18/h1-4,7,12,22H,5-6,8-11H2. The van der Waals surface area contributed by atoms with Gasteiger partial charge in [-0.15, -0.1) is 11.3 Å². The van der Waals surface area contributed by atoms with E-state index in [-0.39, 0.29) is 5.78 Å². The lowest BCUT2D eigenvalue weighted by atomic mass is 10.1. The van der Waals surface area contributed by atoms with E-state index in [0.29, 0.717) is 12.2 Å². The molecule has 4 rings (SSSR count). The van der Waals surface area contributed by atoms with Gasteiger partial charge in [-0.3, -0.25) is 4.79 Å². The maximum atomic E-state index is 12.1. The molecular weight excluding hydrogens is 322 g/mol. The SMILES string of the molecule is O=C1CCC(N2CCN(c3ccc(O)cc3)CC2)=Nc2ccsc21. The van der Waals surface area contributed by atoms with Gasteiger partial charge in [0, 0.05) is 44.7 Å². The van der Waals surface area contributed by atoms with E-state index in [1.807, 2.05) is 23.6 Å². The molecule has 0 spiro atoms. The zero-order valence-electron chi connectivity index (χ0n) is 13.3. The van der Waals surface area contributed by atoms with Gasteiger partial charge in [-0.25, -0.2) is 4.99 Å². The Morgan fingerprint density at radius 2 is 1.67 bits per heavy atom. The zero-order chi connectivity index (χ0) is 16.5. The van der Waals surface area contributed by atoms with Gasteiger partial charge in [0.1, 0.15) is 11.6 Å². The molecule has 1 fully saturated rings. The molecule has 6 heteroatoms. The van der Waals surface area contributed by atoms with Gasteiger partial charge in [0.05, 0.1) is 10.6 Å². The molecule has 0 atom stereocenters. The van der Waals surface area contributed by atoms with E-state index in [4.69, 9.17) is 4.99 Å². The molecule has 124 valence electrons. The van der Waals surface area contributed by atoms with Gasteiger partial charge in [0.15, 0.2) is 5.78 Å². The Bertz CT molecular complexity index is 774. The Kier molecular flexibility index (Phi) is 3.98. The fourth-order valence-electron chi connectivity index (χ4n) is 3.25. The number of amidine groups is 1. The minimum Gasteiger partial charge on any atom is -0.508 e. The normalized spacial score (nSPS) is 18.2. The van der Waals surface area contributed by atoms with E-state index in [1.165, 1.54) is 11.3 Å². The number of phenols is 1. The molecule has 2 aliphatic heterocycles. The molecule has 2 aromatic rings. The van der Waals surface area contributed by atoms with Crippen molar-refractivity contribution >= 4 is 34.3 Å². The predicted octanol–water partition coefficient (Wildman–Crippen LogP) is 3.28. The number of anilines is 1. The van der Waals surface area contributed by atoms with E-state index in [0.717, 1.165) is 54.7 Å². The highest BCUT2D eigenvalue weighted by Gasteiger charge is 2.24. The Hall–Kier alpha value is -2.34. The van der Waals surface area contributed by atoms with Crippen LogP contribution in [0.4, 0.5) is 11.4 Å². The number of carbonyl (C=O) groups is 1. The average molecular weight is 341 g/mol. The van der Waals surface area contributed by atoms with Gasteiger partial charge >= 0.3 is 0 Å². The largest absolute Gasteiger partial charge is 0.508 e. The summed E-state index contributed by atoms with van der Waals surface area (Å²) in [4.78, 5) is 22.3. The van der Waals surface area contributed by atoms with Crippen molar-refractivity contribution in [1.29, 1.82) is 0 Å². The van der Waals surface area contributed by atoms with Crippen LogP contribution in [0.3, 0.4) is 0 Å². The quantitative estimate of drug-likeness (QED) is 0.865. The van der Waals surface area contributed by atoms with E-state index < -0.39 is 0 Å². The summed E-state index contributed by atoms with van der Waals surface area (Å²) in [6.45, 7) is 3.61. The number of phenolic OH excluding ortho intramolecular Hbond substituents is 1. The maximum Gasteiger partial charge on any atom is 0.175 e. The van der Waals surface area contributed by atoms with Crippen LogP contribution in [-0.4, -0.2) is 47.8 Å². The molecule has 5 nitrogen and oxygen atoms in total. The van der Waals surface area contributed by atoms with Gasteiger partial charge < -0.3 is 14.9 Å². The van der Waals surface area contributed by atoms with Crippen LogP contribution in [0.1, 0.15) is 22.5 Å². The lowest BCUT2D eigenvalue weighted by molar-refractivity contribution is 0.0989. The maximum absolute atomic E-state index is 12.1. The molecule has 2 aliphatic rings. The van der Waals surface area contributed by atoms with Crippen LogP contribution in [0.25, 0.3) is 0 Å². The van der Waals surface area contributed by atoms with Gasteiger partial charge in [0.2, 0.25) is 0 Å². The van der Waals surface area contributed by atoms with Crippen LogP contribution in [0.2, 0.25) is 0 Å². The topological polar surface area (TPSA) is 56.1 Å². The van der Waals surface area contributed by atoms with Gasteiger partial charge in [-0.05, 0) is 35.7 Å². The molecule has 0 unspecified atom stereocenters. The number of Topliss-reactive ketones (excluding diaryl/α,β-unsaturated/α-hetero) is 1. The number of ketones is 1. The molecule has 0 saturated carbocycles. The smallest absolute Gasteiger partial charge is 0.175 e.